The van der Waals surface area contributed by atoms with Crippen LogP contribution in [0.4, 0.5) is 30.7 Å². The van der Waals surface area contributed by atoms with Gasteiger partial charge >= 0.3 is 24.0 Å². The summed E-state index contributed by atoms with van der Waals surface area (Å²) in [6, 6.07) is 0. The second-order valence-electron chi connectivity index (χ2n) is 3.10. The molecule has 0 aliphatic rings. The largest absolute Gasteiger partial charge is 0.465 e. The average Bonchev–Trinajstić information content (AvgIpc) is 2.15. The first-order chi connectivity index (χ1) is 7.45. The van der Waals surface area contributed by atoms with Gasteiger partial charge in [0.2, 0.25) is 0 Å². The summed E-state index contributed by atoms with van der Waals surface area (Å²) in [5.74, 6) is -12.4. The van der Waals surface area contributed by atoms with Crippen molar-refractivity contribution in [3.05, 3.63) is 0 Å². The minimum Gasteiger partial charge on any atom is -0.465 e. The van der Waals surface area contributed by atoms with E-state index < -0.39 is 37.0 Å². The van der Waals surface area contributed by atoms with E-state index in [-0.39, 0.29) is 6.42 Å². The first-order valence-electron chi connectivity index (χ1n) is 4.43. The molecule has 0 fully saturated rings. The molecule has 0 aliphatic carbocycles. The van der Waals surface area contributed by atoms with Crippen LogP contribution in [-0.2, 0) is 9.53 Å². The molecule has 0 saturated carbocycles. The van der Waals surface area contributed by atoms with Crippen molar-refractivity contribution in [3.63, 3.8) is 0 Å². The molecule has 0 unspecified atom stereocenters. The van der Waals surface area contributed by atoms with E-state index in [1.54, 1.807) is 0 Å². The van der Waals surface area contributed by atoms with Crippen molar-refractivity contribution in [2.45, 2.75) is 37.8 Å². The van der Waals surface area contributed by atoms with Gasteiger partial charge in [0.25, 0.3) is 0 Å². The fourth-order valence-electron chi connectivity index (χ4n) is 0.759. The summed E-state index contributed by atoms with van der Waals surface area (Å²) >= 11 is 0. The number of hydrogen-bond acceptors (Lipinski definition) is 2. The van der Waals surface area contributed by atoms with Gasteiger partial charge in [0, 0.05) is 6.42 Å². The molecule has 0 N–H and O–H groups in total. The average molecular weight is 270 g/mol. The number of esters is 1. The third kappa shape index (κ3) is 3.74. The molecular weight excluding hydrogens is 261 g/mol. The molecule has 9 heteroatoms. The molecule has 17 heavy (non-hydrogen) atoms. The molecule has 0 aromatic carbocycles. The first-order valence-corrected chi connectivity index (χ1v) is 4.43. The highest BCUT2D eigenvalue weighted by atomic mass is 19.4. The molecule has 0 rings (SSSR count). The Hall–Kier alpha value is -1.02. The monoisotopic (exact) mass is 270 g/mol. The molecule has 2 nitrogen and oxygen atoms in total. The highest BCUT2D eigenvalue weighted by Gasteiger charge is 2.72. The van der Waals surface area contributed by atoms with Gasteiger partial charge in [-0.2, -0.15) is 30.7 Å². The van der Waals surface area contributed by atoms with E-state index in [9.17, 15) is 35.5 Å². The number of rotatable bonds is 5. The van der Waals surface area contributed by atoms with Gasteiger partial charge in [-0.3, -0.25) is 4.79 Å². The minimum atomic E-state index is -6.36. The Morgan fingerprint density at radius 1 is 1.06 bits per heavy atom. The Morgan fingerprint density at radius 2 is 1.53 bits per heavy atom. The fourth-order valence-corrected chi connectivity index (χ4v) is 0.759. The van der Waals surface area contributed by atoms with Gasteiger partial charge in [0.1, 0.15) is 0 Å². The van der Waals surface area contributed by atoms with Crippen LogP contribution in [0.3, 0.4) is 0 Å². The van der Waals surface area contributed by atoms with E-state index in [2.05, 4.69) is 4.74 Å². The van der Waals surface area contributed by atoms with Crippen molar-refractivity contribution >= 4 is 5.97 Å². The maximum atomic E-state index is 12.6. The number of carbonyl (C=O) groups is 1. The van der Waals surface area contributed by atoms with E-state index in [0.717, 1.165) is 0 Å². The maximum absolute atomic E-state index is 12.6. The van der Waals surface area contributed by atoms with Gasteiger partial charge in [0.05, 0.1) is 13.0 Å². The number of carbonyl (C=O) groups excluding carboxylic acids is 1. The summed E-state index contributed by atoms with van der Waals surface area (Å²) in [4.78, 5) is 10.5. The Balaban J connectivity index is 4.52. The van der Waals surface area contributed by atoms with Crippen LogP contribution in [-0.4, -0.2) is 30.6 Å². The number of alkyl halides is 7. The van der Waals surface area contributed by atoms with Crippen molar-refractivity contribution in [1.82, 2.24) is 0 Å². The van der Waals surface area contributed by atoms with Gasteiger partial charge in [0.15, 0.2) is 0 Å². The van der Waals surface area contributed by atoms with Crippen LogP contribution < -0.4 is 0 Å². The van der Waals surface area contributed by atoms with Gasteiger partial charge in [-0.1, -0.05) is 6.92 Å². The Bertz CT molecular complexity index is 272. The predicted molar refractivity (Wildman–Crippen MR) is 41.8 cm³/mol. The van der Waals surface area contributed by atoms with Gasteiger partial charge in [-0.15, -0.1) is 0 Å². The van der Waals surface area contributed by atoms with Crippen LogP contribution in [0.15, 0.2) is 0 Å². The van der Waals surface area contributed by atoms with Gasteiger partial charge in [-0.05, 0) is 0 Å². The lowest BCUT2D eigenvalue weighted by atomic mass is 10.1. The third-order valence-electron chi connectivity index (χ3n) is 1.78. The normalized spacial score (nSPS) is 13.6. The second kappa shape index (κ2) is 5.09. The van der Waals surface area contributed by atoms with Crippen molar-refractivity contribution in [3.8, 4) is 0 Å². The van der Waals surface area contributed by atoms with E-state index >= 15 is 0 Å². The molecule has 0 aliphatic heterocycles. The zero-order valence-electron chi connectivity index (χ0n) is 8.58. The summed E-state index contributed by atoms with van der Waals surface area (Å²) in [6.07, 6.45) is -8.45. The van der Waals surface area contributed by atoms with Crippen molar-refractivity contribution in [1.29, 1.82) is 0 Å². The lowest BCUT2D eigenvalue weighted by molar-refractivity contribution is -0.356. The van der Waals surface area contributed by atoms with Crippen molar-refractivity contribution in [2.24, 2.45) is 0 Å². The molecule has 0 aromatic heterocycles. The molecule has 0 bridgehead atoms. The molecule has 102 valence electrons. The van der Waals surface area contributed by atoms with Crippen LogP contribution in [0, 0.1) is 0 Å². The molecule has 0 amide bonds. The summed E-state index contributed by atoms with van der Waals surface area (Å²) in [5.41, 5.74) is 0. The molecule has 0 aromatic rings. The van der Waals surface area contributed by atoms with Crippen LogP contribution in [0.2, 0.25) is 0 Å². The van der Waals surface area contributed by atoms with Crippen LogP contribution in [0.1, 0.15) is 19.8 Å². The summed E-state index contributed by atoms with van der Waals surface area (Å²) in [5, 5.41) is 0. The van der Waals surface area contributed by atoms with Crippen molar-refractivity contribution in [2.75, 3.05) is 6.61 Å². The number of halogens is 7. The van der Waals surface area contributed by atoms with E-state index in [1.807, 2.05) is 0 Å². The van der Waals surface area contributed by atoms with Gasteiger partial charge in [-0.25, -0.2) is 0 Å². The molecular formula is C8H9F7O2. The highest BCUT2D eigenvalue weighted by molar-refractivity contribution is 5.68. The number of hydrogen-bond donors (Lipinski definition) is 0. The Morgan fingerprint density at radius 3 is 1.88 bits per heavy atom. The molecule has 0 radical (unpaired) electrons. The first kappa shape index (κ1) is 16.0. The van der Waals surface area contributed by atoms with E-state index in [1.165, 1.54) is 6.92 Å². The maximum Gasteiger partial charge on any atom is 0.459 e. The summed E-state index contributed by atoms with van der Waals surface area (Å²) in [6.45, 7) is 0.107. The van der Waals surface area contributed by atoms with E-state index in [0.29, 0.717) is 0 Å². The topological polar surface area (TPSA) is 26.3 Å². The quantitative estimate of drug-likeness (QED) is 0.566. The molecule has 0 heterocycles. The minimum absolute atomic E-state index is 0.193. The zero-order chi connectivity index (χ0) is 13.9. The predicted octanol–water partition coefficient (Wildman–Crippen LogP) is 3.16. The zero-order valence-corrected chi connectivity index (χ0v) is 8.58. The molecule has 0 saturated heterocycles. The SMILES string of the molecule is CCC(=O)OCCC(F)(F)C(F)(F)C(F)(F)F. The standard InChI is InChI=1S/C8H9F7O2/c1-2-5(16)17-4-3-6(9,10)7(11,12)8(13,14)15/h2-4H2,1H3. The third-order valence-corrected chi connectivity index (χ3v) is 1.78. The lowest BCUT2D eigenvalue weighted by Gasteiger charge is -2.27. The summed E-state index contributed by atoms with van der Waals surface area (Å²) in [7, 11) is 0. The van der Waals surface area contributed by atoms with Crippen LogP contribution in [0.5, 0.6) is 0 Å². The molecule has 0 spiro atoms. The fraction of sp³-hybridized carbons (Fsp3) is 0.875. The Kier molecular flexibility index (Phi) is 4.79. The van der Waals surface area contributed by atoms with Gasteiger partial charge < -0.3 is 4.74 Å². The second-order valence-corrected chi connectivity index (χ2v) is 3.10. The van der Waals surface area contributed by atoms with E-state index in [4.69, 9.17) is 0 Å². The van der Waals surface area contributed by atoms with Crippen LogP contribution >= 0.6 is 0 Å². The van der Waals surface area contributed by atoms with Crippen LogP contribution in [0.25, 0.3) is 0 Å². The lowest BCUT2D eigenvalue weighted by Crippen LogP contribution is -2.52. The summed E-state index contributed by atoms with van der Waals surface area (Å²) < 4.78 is 88.7. The highest BCUT2D eigenvalue weighted by Crippen LogP contribution is 2.47. The molecule has 0 atom stereocenters. The number of ether oxygens (including phenoxy) is 1. The van der Waals surface area contributed by atoms with Crippen molar-refractivity contribution < 1.29 is 40.3 Å². The smallest absolute Gasteiger partial charge is 0.459 e. The Labute approximate surface area is 91.7 Å².